The summed E-state index contributed by atoms with van der Waals surface area (Å²) in [4.78, 5) is 16.0. The fourth-order valence-corrected chi connectivity index (χ4v) is 2.09. The van der Waals surface area contributed by atoms with E-state index in [1.165, 1.54) is 12.8 Å². The Balaban J connectivity index is 0.00000264. The number of rotatable bonds is 11. The largest absolute Gasteiger partial charge is 0.381 e. The Morgan fingerprint density at radius 1 is 1.13 bits per heavy atom. The highest BCUT2D eigenvalue weighted by molar-refractivity contribution is 14.0. The maximum absolute atomic E-state index is 11.5. The molecule has 0 aromatic rings. The van der Waals surface area contributed by atoms with Gasteiger partial charge in [-0.3, -0.25) is 9.79 Å². The first kappa shape index (κ1) is 20.5. The van der Waals surface area contributed by atoms with Crippen LogP contribution in [0.5, 0.6) is 0 Å². The van der Waals surface area contributed by atoms with Crippen LogP contribution in [0.4, 0.5) is 0 Å². The Bertz CT molecular complexity index is 371. The van der Waals surface area contributed by atoms with Gasteiger partial charge in [-0.2, -0.15) is 0 Å². The molecule has 0 bridgehead atoms. The fourth-order valence-electron chi connectivity index (χ4n) is 2.09. The van der Waals surface area contributed by atoms with Crippen LogP contribution in [-0.2, 0) is 9.53 Å². The molecule has 0 radical (unpaired) electrons. The van der Waals surface area contributed by atoms with Gasteiger partial charge in [0, 0.05) is 45.3 Å². The van der Waals surface area contributed by atoms with Crippen molar-refractivity contribution in [3.8, 4) is 0 Å². The first-order valence-corrected chi connectivity index (χ1v) is 8.67. The maximum Gasteiger partial charge on any atom is 0.223 e. The van der Waals surface area contributed by atoms with E-state index in [-0.39, 0.29) is 35.8 Å². The molecule has 23 heavy (non-hydrogen) atoms. The molecular weight excluding hydrogens is 407 g/mol. The Hall–Kier alpha value is -0.570. The van der Waals surface area contributed by atoms with Crippen molar-refractivity contribution in [3.63, 3.8) is 0 Å². The Kier molecular flexibility index (Phi) is 10.6. The lowest BCUT2D eigenvalue weighted by atomic mass is 10.4. The molecule has 6 nitrogen and oxygen atoms in total. The summed E-state index contributed by atoms with van der Waals surface area (Å²) in [6.07, 6.45) is 5.72. The van der Waals surface area contributed by atoms with Gasteiger partial charge in [-0.1, -0.05) is 0 Å². The van der Waals surface area contributed by atoms with E-state index in [1.54, 1.807) is 0 Å². The molecule has 0 aliphatic heterocycles. The smallest absolute Gasteiger partial charge is 0.223 e. The van der Waals surface area contributed by atoms with Crippen molar-refractivity contribution >= 4 is 35.8 Å². The molecule has 2 aliphatic rings. The summed E-state index contributed by atoms with van der Waals surface area (Å²) in [5.74, 6) is 2.10. The average molecular weight is 438 g/mol. The van der Waals surface area contributed by atoms with Crippen LogP contribution in [0.25, 0.3) is 0 Å². The number of guanidine groups is 1. The minimum atomic E-state index is 0. The van der Waals surface area contributed by atoms with Gasteiger partial charge in [-0.15, -0.1) is 24.0 Å². The van der Waals surface area contributed by atoms with E-state index in [2.05, 4.69) is 20.9 Å². The molecule has 3 N–H and O–H groups in total. The molecule has 7 heteroatoms. The van der Waals surface area contributed by atoms with Gasteiger partial charge in [0.25, 0.3) is 0 Å². The predicted molar refractivity (Wildman–Crippen MR) is 103 cm³/mol. The molecule has 0 saturated heterocycles. The molecule has 0 unspecified atom stereocenters. The molecule has 1 amide bonds. The minimum absolute atomic E-state index is 0. The monoisotopic (exact) mass is 438 g/mol. The van der Waals surface area contributed by atoms with Gasteiger partial charge in [0.05, 0.1) is 0 Å². The summed E-state index contributed by atoms with van der Waals surface area (Å²) in [6, 6.07) is 0. The third-order valence-electron chi connectivity index (χ3n) is 3.78. The molecule has 0 spiro atoms. The third-order valence-corrected chi connectivity index (χ3v) is 3.78. The lowest BCUT2D eigenvalue weighted by Crippen LogP contribution is -2.41. The number of hydrogen-bond donors (Lipinski definition) is 3. The molecule has 134 valence electrons. The third kappa shape index (κ3) is 10.0. The van der Waals surface area contributed by atoms with E-state index < -0.39 is 0 Å². The number of aliphatic imine (C=N–C) groups is 1. The summed E-state index contributed by atoms with van der Waals surface area (Å²) < 4.78 is 5.59. The van der Waals surface area contributed by atoms with Crippen LogP contribution in [0.15, 0.2) is 4.99 Å². The van der Waals surface area contributed by atoms with Crippen LogP contribution in [0, 0.1) is 11.8 Å². The van der Waals surface area contributed by atoms with Crippen LogP contribution in [0.3, 0.4) is 0 Å². The summed E-state index contributed by atoms with van der Waals surface area (Å²) in [6.45, 7) is 6.68. The van der Waals surface area contributed by atoms with Crippen LogP contribution in [-0.4, -0.2) is 51.3 Å². The fraction of sp³-hybridized carbons (Fsp3) is 0.875. The van der Waals surface area contributed by atoms with Crippen molar-refractivity contribution in [2.24, 2.45) is 16.8 Å². The summed E-state index contributed by atoms with van der Waals surface area (Å²) in [7, 11) is 0. The van der Waals surface area contributed by atoms with Crippen LogP contribution >= 0.6 is 24.0 Å². The van der Waals surface area contributed by atoms with E-state index in [0.29, 0.717) is 13.1 Å². The van der Waals surface area contributed by atoms with Crippen molar-refractivity contribution in [1.82, 2.24) is 16.0 Å². The first-order chi connectivity index (χ1) is 10.8. The molecule has 0 heterocycles. The molecule has 2 rings (SSSR count). The van der Waals surface area contributed by atoms with Crippen LogP contribution in [0.2, 0.25) is 0 Å². The molecular formula is C16H31IN4O2. The van der Waals surface area contributed by atoms with Gasteiger partial charge in [-0.25, -0.2) is 0 Å². The van der Waals surface area contributed by atoms with E-state index >= 15 is 0 Å². The van der Waals surface area contributed by atoms with E-state index in [1.807, 2.05) is 6.92 Å². The second-order valence-corrected chi connectivity index (χ2v) is 6.12. The van der Waals surface area contributed by atoms with Gasteiger partial charge >= 0.3 is 0 Å². The highest BCUT2D eigenvalue weighted by Gasteiger charge is 2.28. The van der Waals surface area contributed by atoms with Crippen molar-refractivity contribution in [2.45, 2.75) is 39.0 Å². The van der Waals surface area contributed by atoms with Gasteiger partial charge in [-0.05, 0) is 44.9 Å². The highest BCUT2D eigenvalue weighted by atomic mass is 127. The number of nitrogens with one attached hydrogen (secondary N) is 3. The summed E-state index contributed by atoms with van der Waals surface area (Å²) in [5.41, 5.74) is 0. The van der Waals surface area contributed by atoms with Crippen molar-refractivity contribution in [1.29, 1.82) is 0 Å². The van der Waals surface area contributed by atoms with Crippen molar-refractivity contribution in [2.75, 3.05) is 39.4 Å². The van der Waals surface area contributed by atoms with E-state index in [0.717, 1.165) is 57.4 Å². The number of halogens is 1. The Morgan fingerprint density at radius 2 is 1.87 bits per heavy atom. The SMILES string of the molecule is CCNC(=NCCCOCC1CC1)NCCNC(=O)C1CC1.I. The summed E-state index contributed by atoms with van der Waals surface area (Å²) >= 11 is 0. The predicted octanol–water partition coefficient (Wildman–Crippen LogP) is 1.50. The van der Waals surface area contributed by atoms with E-state index in [4.69, 9.17) is 4.74 Å². The zero-order valence-corrected chi connectivity index (χ0v) is 16.4. The Morgan fingerprint density at radius 3 is 2.52 bits per heavy atom. The number of carbonyl (C=O) groups is 1. The number of nitrogens with zero attached hydrogens (tertiary/aromatic N) is 1. The normalized spacial score (nSPS) is 17.3. The van der Waals surface area contributed by atoms with Gasteiger partial charge in [0.1, 0.15) is 0 Å². The van der Waals surface area contributed by atoms with Gasteiger partial charge in [0.2, 0.25) is 5.91 Å². The minimum Gasteiger partial charge on any atom is -0.381 e. The maximum atomic E-state index is 11.5. The topological polar surface area (TPSA) is 74.8 Å². The van der Waals surface area contributed by atoms with Crippen molar-refractivity contribution in [3.05, 3.63) is 0 Å². The standard InChI is InChI=1S/C16H30N4O2.HI/c1-2-17-16(19-8-3-11-22-12-13-4-5-13)20-10-9-18-15(21)14-6-7-14;/h13-14H,2-12H2,1H3,(H,18,21)(H2,17,19,20);1H. The van der Waals surface area contributed by atoms with Crippen LogP contribution < -0.4 is 16.0 Å². The van der Waals surface area contributed by atoms with E-state index in [9.17, 15) is 4.79 Å². The number of amides is 1. The molecule has 2 saturated carbocycles. The molecule has 0 aromatic heterocycles. The van der Waals surface area contributed by atoms with Gasteiger partial charge in [0.15, 0.2) is 5.96 Å². The zero-order chi connectivity index (χ0) is 15.6. The molecule has 0 atom stereocenters. The quantitative estimate of drug-likeness (QED) is 0.198. The lowest BCUT2D eigenvalue weighted by Gasteiger charge is -2.11. The average Bonchev–Trinajstić information content (AvgIpc) is 3.39. The summed E-state index contributed by atoms with van der Waals surface area (Å²) in [5, 5.41) is 9.39. The highest BCUT2D eigenvalue weighted by Crippen LogP contribution is 2.29. The Labute approximate surface area is 156 Å². The molecule has 0 aromatic carbocycles. The number of carbonyl (C=O) groups excluding carboxylic acids is 1. The second kappa shape index (κ2) is 11.9. The lowest BCUT2D eigenvalue weighted by molar-refractivity contribution is -0.122. The first-order valence-electron chi connectivity index (χ1n) is 8.67. The van der Waals surface area contributed by atoms with Gasteiger partial charge < -0.3 is 20.7 Å². The zero-order valence-electron chi connectivity index (χ0n) is 14.1. The molecule has 2 fully saturated rings. The molecule has 2 aliphatic carbocycles. The number of hydrogen-bond acceptors (Lipinski definition) is 3. The van der Waals surface area contributed by atoms with Crippen LogP contribution in [0.1, 0.15) is 39.0 Å². The second-order valence-electron chi connectivity index (χ2n) is 6.12. The van der Waals surface area contributed by atoms with Crippen molar-refractivity contribution < 1.29 is 9.53 Å². The number of ether oxygens (including phenoxy) is 1.